The molecule has 3 aromatic heterocycles. The second kappa shape index (κ2) is 9.77. The minimum atomic E-state index is -2.62. The largest absolute Gasteiger partial charge is 0.344 e. The molecule has 1 aromatic carbocycles. The average molecular weight is 464 g/mol. The van der Waals surface area contributed by atoms with Crippen molar-refractivity contribution in [3.8, 4) is 16.9 Å². The molecule has 34 heavy (non-hydrogen) atoms. The topological polar surface area (TPSA) is 111 Å². The number of carbonyl (C=O) groups excluding carboxylic acids is 1. The fourth-order valence-corrected chi connectivity index (χ4v) is 3.34. The molecule has 1 unspecified atom stereocenters. The van der Waals surface area contributed by atoms with Gasteiger partial charge in [-0.05, 0) is 47.7 Å². The fourth-order valence-electron chi connectivity index (χ4n) is 3.34. The lowest BCUT2D eigenvalue weighted by atomic mass is 10.0. The number of benzene rings is 1. The number of rotatable bonds is 7. The summed E-state index contributed by atoms with van der Waals surface area (Å²) in [4.78, 5) is 25.6. The maximum Gasteiger partial charge on any atom is 0.265 e. The molecule has 0 aliphatic rings. The van der Waals surface area contributed by atoms with Crippen LogP contribution in [0.3, 0.4) is 0 Å². The molecule has 1 N–H and O–H groups in total. The van der Waals surface area contributed by atoms with Gasteiger partial charge in [0.1, 0.15) is 0 Å². The minimum Gasteiger partial charge on any atom is -0.344 e. The number of tetrazole rings is 1. The Morgan fingerprint density at radius 1 is 1.03 bits per heavy atom. The van der Waals surface area contributed by atoms with Crippen molar-refractivity contribution >= 4 is 5.91 Å². The number of hydrogen-bond acceptors (Lipinski definition) is 7. The number of pyridine rings is 1. The van der Waals surface area contributed by atoms with Gasteiger partial charge in [0.25, 0.3) is 12.3 Å². The van der Waals surface area contributed by atoms with Gasteiger partial charge < -0.3 is 5.32 Å². The Balaban J connectivity index is 1.75. The van der Waals surface area contributed by atoms with Crippen LogP contribution in [-0.2, 0) is 0 Å². The van der Waals surface area contributed by atoms with Crippen molar-refractivity contribution in [2.75, 3.05) is 0 Å². The fraction of sp³-hybridized carbons (Fsp3) is 0.261. The van der Waals surface area contributed by atoms with Gasteiger partial charge >= 0.3 is 0 Å². The number of nitrogens with one attached hydrogen (secondary N) is 1. The monoisotopic (exact) mass is 464 g/mol. The van der Waals surface area contributed by atoms with Gasteiger partial charge in [-0.2, -0.15) is 4.68 Å². The number of amides is 1. The molecule has 0 aliphatic carbocycles. The number of carbonyl (C=O) groups is 1. The van der Waals surface area contributed by atoms with Gasteiger partial charge in [0.2, 0.25) is 0 Å². The summed E-state index contributed by atoms with van der Waals surface area (Å²) in [5.41, 5.74) is 2.29. The molecule has 4 aromatic rings. The number of hydrogen-bond donors (Lipinski definition) is 1. The van der Waals surface area contributed by atoms with Crippen molar-refractivity contribution in [1.82, 2.24) is 40.5 Å². The highest BCUT2D eigenvalue weighted by molar-refractivity contribution is 5.96. The number of alkyl halides is 2. The summed E-state index contributed by atoms with van der Waals surface area (Å²) in [6.07, 6.45) is 3.19. The van der Waals surface area contributed by atoms with E-state index in [9.17, 15) is 13.6 Å². The third kappa shape index (κ3) is 4.92. The average Bonchev–Trinajstić information content (AvgIpc) is 3.35. The van der Waals surface area contributed by atoms with Crippen molar-refractivity contribution in [2.24, 2.45) is 0 Å². The van der Waals surface area contributed by atoms with E-state index in [0.29, 0.717) is 34.0 Å². The first-order valence-electron chi connectivity index (χ1n) is 10.6. The third-order valence-electron chi connectivity index (χ3n) is 5.14. The smallest absolute Gasteiger partial charge is 0.265 e. The maximum atomic E-state index is 13.2. The van der Waals surface area contributed by atoms with Crippen molar-refractivity contribution in [2.45, 2.75) is 39.2 Å². The number of halogens is 2. The van der Waals surface area contributed by atoms with E-state index >= 15 is 0 Å². The molecule has 0 radical (unpaired) electrons. The molecular weight excluding hydrogens is 442 g/mol. The highest BCUT2D eigenvalue weighted by Crippen LogP contribution is 2.26. The second-order valence-electron chi connectivity index (χ2n) is 7.98. The van der Waals surface area contributed by atoms with E-state index < -0.39 is 12.5 Å². The lowest BCUT2D eigenvalue weighted by Gasteiger charge is -2.15. The van der Waals surface area contributed by atoms with E-state index in [1.165, 1.54) is 12.1 Å². The van der Waals surface area contributed by atoms with Gasteiger partial charge in [0.05, 0.1) is 29.3 Å². The quantitative estimate of drug-likeness (QED) is 0.439. The molecular formula is C23H22F2N8O. The first-order chi connectivity index (χ1) is 16.3. The summed E-state index contributed by atoms with van der Waals surface area (Å²) in [6, 6.07) is 7.48. The predicted octanol–water partition coefficient (Wildman–Crippen LogP) is 4.07. The van der Waals surface area contributed by atoms with E-state index in [-0.39, 0.29) is 17.4 Å². The van der Waals surface area contributed by atoms with Crippen molar-refractivity contribution < 1.29 is 13.6 Å². The van der Waals surface area contributed by atoms with Gasteiger partial charge in [-0.15, -0.1) is 5.10 Å². The van der Waals surface area contributed by atoms with Crippen LogP contribution in [0.4, 0.5) is 8.78 Å². The first kappa shape index (κ1) is 23.0. The number of nitrogens with zero attached hydrogens (tertiary/aromatic N) is 7. The summed E-state index contributed by atoms with van der Waals surface area (Å²) in [7, 11) is 0. The molecule has 0 aliphatic heterocycles. The highest BCUT2D eigenvalue weighted by Gasteiger charge is 2.19. The molecule has 0 saturated heterocycles. The molecule has 0 fully saturated rings. The minimum absolute atomic E-state index is 0.0241. The molecule has 9 nitrogen and oxygen atoms in total. The second-order valence-corrected chi connectivity index (χ2v) is 7.98. The van der Waals surface area contributed by atoms with Crippen LogP contribution in [0, 0.1) is 0 Å². The van der Waals surface area contributed by atoms with Crippen LogP contribution in [0.5, 0.6) is 0 Å². The summed E-state index contributed by atoms with van der Waals surface area (Å²) in [5.74, 6) is 0.276. The Kier molecular flexibility index (Phi) is 6.62. The summed E-state index contributed by atoms with van der Waals surface area (Å²) in [5, 5.41) is 14.8. The first-order valence-corrected chi connectivity index (χ1v) is 10.6. The van der Waals surface area contributed by atoms with Gasteiger partial charge in [-0.25, -0.2) is 8.78 Å². The lowest BCUT2D eigenvalue weighted by Crippen LogP contribution is -2.27. The van der Waals surface area contributed by atoms with Crippen molar-refractivity contribution in [3.63, 3.8) is 0 Å². The van der Waals surface area contributed by atoms with Crippen LogP contribution in [0.15, 0.2) is 55.1 Å². The highest BCUT2D eigenvalue weighted by atomic mass is 19.3. The Bertz CT molecular complexity index is 1280. The van der Waals surface area contributed by atoms with E-state index in [4.69, 9.17) is 0 Å². The zero-order valence-electron chi connectivity index (χ0n) is 18.7. The normalized spacial score (nSPS) is 12.2. The van der Waals surface area contributed by atoms with E-state index in [0.717, 1.165) is 6.20 Å². The summed E-state index contributed by atoms with van der Waals surface area (Å²) < 4.78 is 27.5. The zero-order chi connectivity index (χ0) is 24.2. The Labute approximate surface area is 194 Å². The van der Waals surface area contributed by atoms with Crippen LogP contribution in [0.25, 0.3) is 16.9 Å². The van der Waals surface area contributed by atoms with Crippen LogP contribution in [-0.4, -0.2) is 41.1 Å². The number of aromatic nitrogens is 7. The third-order valence-corrected chi connectivity index (χ3v) is 5.14. The molecule has 0 spiro atoms. The van der Waals surface area contributed by atoms with Crippen molar-refractivity contribution in [3.05, 3.63) is 77.8 Å². The lowest BCUT2D eigenvalue weighted by molar-refractivity contribution is 0.0939. The van der Waals surface area contributed by atoms with E-state index in [2.05, 4.69) is 35.8 Å². The van der Waals surface area contributed by atoms with E-state index in [1.807, 2.05) is 13.8 Å². The Hall–Kier alpha value is -4.15. The molecule has 1 amide bonds. The molecule has 0 saturated carbocycles. The van der Waals surface area contributed by atoms with Crippen LogP contribution in [0.1, 0.15) is 66.6 Å². The predicted molar refractivity (Wildman–Crippen MR) is 119 cm³/mol. The van der Waals surface area contributed by atoms with Crippen LogP contribution < -0.4 is 5.32 Å². The molecule has 174 valence electrons. The Morgan fingerprint density at radius 2 is 1.85 bits per heavy atom. The molecule has 1 atom stereocenters. The van der Waals surface area contributed by atoms with Crippen LogP contribution in [0.2, 0.25) is 0 Å². The van der Waals surface area contributed by atoms with Crippen LogP contribution >= 0.6 is 0 Å². The van der Waals surface area contributed by atoms with Gasteiger partial charge in [-0.3, -0.25) is 19.7 Å². The standard InChI is InChI=1S/C23H22F2N8O/c1-13(2)22-30-31-32-33(22)18-9-16(19-5-4-15(11-28-19)21(24)25)8-17(10-18)23(34)29-14(3)20-12-26-6-7-27-20/h4-14,21H,1-3H3,(H,29,34). The molecule has 3 heterocycles. The molecule has 4 rings (SSSR count). The van der Waals surface area contributed by atoms with E-state index in [1.54, 1.807) is 48.4 Å². The van der Waals surface area contributed by atoms with Gasteiger partial charge in [0, 0.05) is 41.2 Å². The van der Waals surface area contributed by atoms with Crippen molar-refractivity contribution in [1.29, 1.82) is 0 Å². The maximum absolute atomic E-state index is 13.2. The zero-order valence-corrected chi connectivity index (χ0v) is 18.7. The SMILES string of the molecule is CC(C)c1nnnn1-c1cc(C(=O)NC(C)c2cnccn2)cc(-c2ccc(C(F)F)cn2)c1. The Morgan fingerprint density at radius 3 is 2.50 bits per heavy atom. The van der Waals surface area contributed by atoms with Gasteiger partial charge in [0.15, 0.2) is 5.82 Å². The molecule has 0 bridgehead atoms. The van der Waals surface area contributed by atoms with Gasteiger partial charge in [-0.1, -0.05) is 13.8 Å². The summed E-state index contributed by atoms with van der Waals surface area (Å²) >= 11 is 0. The molecule has 11 heteroatoms. The summed E-state index contributed by atoms with van der Waals surface area (Å²) in [6.45, 7) is 5.70.